The molecule has 0 aliphatic carbocycles. The highest BCUT2D eigenvalue weighted by Crippen LogP contribution is 2.21. The van der Waals surface area contributed by atoms with E-state index >= 15 is 0 Å². The average Bonchev–Trinajstić information content (AvgIpc) is 2.41. The lowest BCUT2D eigenvalue weighted by atomic mass is 10.2. The molecule has 1 fully saturated rings. The Kier molecular flexibility index (Phi) is 5.10. The van der Waals surface area contributed by atoms with E-state index in [1.807, 2.05) is 24.8 Å². The van der Waals surface area contributed by atoms with Crippen LogP contribution in [0.15, 0.2) is 24.3 Å². The largest absolute Gasteiger partial charge is 0.508 e. The molecule has 104 valence electrons. The number of thioether (sulfide) groups is 1. The number of hydrogen-bond acceptors (Lipinski definition) is 4. The van der Waals surface area contributed by atoms with Gasteiger partial charge in [0.2, 0.25) is 5.91 Å². The molecule has 0 saturated carbocycles. The first-order chi connectivity index (χ1) is 9.20. The smallest absolute Gasteiger partial charge is 0.228 e. The molecule has 1 amide bonds. The number of benzene rings is 1. The number of phenolic OH excluding ortho intramolecular Hbond substituents is 1. The van der Waals surface area contributed by atoms with Gasteiger partial charge in [-0.2, -0.15) is 11.8 Å². The Labute approximate surface area is 118 Å². The minimum absolute atomic E-state index is 0.105. The van der Waals surface area contributed by atoms with Gasteiger partial charge in [0.05, 0.1) is 0 Å². The minimum atomic E-state index is 0.105. The molecule has 1 unspecified atom stereocenters. The quantitative estimate of drug-likeness (QED) is 0.883. The Bertz CT molecular complexity index is 433. The first kappa shape index (κ1) is 14.2. The summed E-state index contributed by atoms with van der Waals surface area (Å²) in [5.74, 6) is 2.40. The van der Waals surface area contributed by atoms with E-state index in [0.717, 1.165) is 23.7 Å². The lowest BCUT2D eigenvalue weighted by Gasteiger charge is -2.27. The van der Waals surface area contributed by atoms with Crippen molar-refractivity contribution in [1.29, 1.82) is 0 Å². The maximum Gasteiger partial charge on any atom is 0.228 e. The van der Waals surface area contributed by atoms with Crippen LogP contribution >= 0.6 is 11.8 Å². The number of aromatic hydroxyl groups is 1. The van der Waals surface area contributed by atoms with Crippen LogP contribution in [-0.4, -0.2) is 41.7 Å². The van der Waals surface area contributed by atoms with E-state index in [0.29, 0.717) is 13.0 Å². The Balaban J connectivity index is 2.02. The second-order valence-corrected chi connectivity index (χ2v) is 5.74. The summed E-state index contributed by atoms with van der Waals surface area (Å²) < 4.78 is 0. The number of carbonyl (C=O) groups excluding carboxylic acids is 1. The zero-order chi connectivity index (χ0) is 13.7. The van der Waals surface area contributed by atoms with E-state index in [1.165, 1.54) is 0 Å². The SMILES string of the molecule is CCN(C(=O)CC1CSCCN1)c1cccc(O)c1. The van der Waals surface area contributed by atoms with Crippen molar-refractivity contribution in [3.63, 3.8) is 0 Å². The summed E-state index contributed by atoms with van der Waals surface area (Å²) >= 11 is 1.89. The number of nitrogens with zero attached hydrogens (tertiary/aromatic N) is 1. The topological polar surface area (TPSA) is 52.6 Å². The number of rotatable bonds is 4. The number of carbonyl (C=O) groups is 1. The molecule has 1 saturated heterocycles. The zero-order valence-electron chi connectivity index (χ0n) is 11.1. The summed E-state index contributed by atoms with van der Waals surface area (Å²) in [6.45, 7) is 3.54. The summed E-state index contributed by atoms with van der Waals surface area (Å²) in [5, 5.41) is 12.9. The highest BCUT2D eigenvalue weighted by Gasteiger charge is 2.21. The lowest BCUT2D eigenvalue weighted by Crippen LogP contribution is -2.42. The number of nitrogens with one attached hydrogen (secondary N) is 1. The van der Waals surface area contributed by atoms with Crippen molar-refractivity contribution in [3.8, 4) is 5.75 Å². The van der Waals surface area contributed by atoms with Crippen LogP contribution in [0.25, 0.3) is 0 Å². The van der Waals surface area contributed by atoms with E-state index in [-0.39, 0.29) is 17.7 Å². The van der Waals surface area contributed by atoms with Gasteiger partial charge in [-0.15, -0.1) is 0 Å². The summed E-state index contributed by atoms with van der Waals surface area (Å²) in [7, 11) is 0. The summed E-state index contributed by atoms with van der Waals surface area (Å²) in [5.41, 5.74) is 0.760. The molecule has 1 atom stereocenters. The molecule has 0 spiro atoms. The molecule has 4 nitrogen and oxygen atoms in total. The summed E-state index contributed by atoms with van der Waals surface area (Å²) in [6, 6.07) is 7.11. The number of amides is 1. The van der Waals surface area contributed by atoms with Crippen LogP contribution in [0.2, 0.25) is 0 Å². The fourth-order valence-corrected chi connectivity index (χ4v) is 3.18. The highest BCUT2D eigenvalue weighted by atomic mass is 32.2. The summed E-state index contributed by atoms with van der Waals surface area (Å²) in [6.07, 6.45) is 0.510. The van der Waals surface area contributed by atoms with Crippen LogP contribution in [-0.2, 0) is 4.79 Å². The normalized spacial score (nSPS) is 19.1. The van der Waals surface area contributed by atoms with Crippen molar-refractivity contribution in [2.75, 3.05) is 29.5 Å². The Morgan fingerprint density at radius 2 is 2.42 bits per heavy atom. The van der Waals surface area contributed by atoms with Crippen LogP contribution in [0.5, 0.6) is 5.75 Å². The predicted molar refractivity (Wildman–Crippen MR) is 79.9 cm³/mol. The van der Waals surface area contributed by atoms with Gasteiger partial charge in [0, 0.05) is 48.8 Å². The van der Waals surface area contributed by atoms with Gasteiger partial charge < -0.3 is 15.3 Å². The van der Waals surface area contributed by atoms with E-state index in [9.17, 15) is 9.90 Å². The van der Waals surface area contributed by atoms with Crippen molar-refractivity contribution in [2.45, 2.75) is 19.4 Å². The molecule has 1 aliphatic rings. The van der Waals surface area contributed by atoms with Crippen molar-refractivity contribution in [3.05, 3.63) is 24.3 Å². The molecule has 1 aliphatic heterocycles. The highest BCUT2D eigenvalue weighted by molar-refractivity contribution is 7.99. The lowest BCUT2D eigenvalue weighted by molar-refractivity contribution is -0.118. The third kappa shape index (κ3) is 3.88. The summed E-state index contributed by atoms with van der Waals surface area (Å²) in [4.78, 5) is 14.1. The van der Waals surface area contributed by atoms with Gasteiger partial charge in [-0.1, -0.05) is 6.07 Å². The van der Waals surface area contributed by atoms with E-state index in [4.69, 9.17) is 0 Å². The molecule has 5 heteroatoms. The van der Waals surface area contributed by atoms with Crippen LogP contribution in [0.4, 0.5) is 5.69 Å². The van der Waals surface area contributed by atoms with Gasteiger partial charge in [-0.3, -0.25) is 4.79 Å². The standard InChI is InChI=1S/C14H20N2O2S/c1-2-16(12-4-3-5-13(17)9-12)14(18)8-11-10-19-7-6-15-11/h3-5,9,11,15,17H,2,6-8,10H2,1H3. The fraction of sp³-hybridized carbons (Fsp3) is 0.500. The molecule has 1 heterocycles. The van der Waals surface area contributed by atoms with Gasteiger partial charge in [-0.05, 0) is 19.1 Å². The Morgan fingerprint density at radius 1 is 1.58 bits per heavy atom. The molecule has 2 N–H and O–H groups in total. The van der Waals surface area contributed by atoms with Crippen molar-refractivity contribution in [1.82, 2.24) is 5.32 Å². The Morgan fingerprint density at radius 3 is 3.05 bits per heavy atom. The van der Waals surface area contributed by atoms with Crippen molar-refractivity contribution in [2.24, 2.45) is 0 Å². The third-order valence-corrected chi connectivity index (χ3v) is 4.31. The predicted octanol–water partition coefficient (Wildman–Crippen LogP) is 1.84. The second kappa shape index (κ2) is 6.82. The molecule has 1 aromatic rings. The molecular weight excluding hydrogens is 260 g/mol. The molecule has 0 aromatic heterocycles. The van der Waals surface area contributed by atoms with Crippen LogP contribution in [0.3, 0.4) is 0 Å². The van der Waals surface area contributed by atoms with E-state index < -0.39 is 0 Å². The van der Waals surface area contributed by atoms with Gasteiger partial charge in [0.25, 0.3) is 0 Å². The number of hydrogen-bond donors (Lipinski definition) is 2. The number of phenols is 1. The monoisotopic (exact) mass is 280 g/mol. The maximum absolute atomic E-state index is 12.3. The zero-order valence-corrected chi connectivity index (χ0v) is 11.9. The van der Waals surface area contributed by atoms with Gasteiger partial charge in [0.1, 0.15) is 5.75 Å². The average molecular weight is 280 g/mol. The second-order valence-electron chi connectivity index (χ2n) is 4.59. The molecule has 0 radical (unpaired) electrons. The first-order valence-electron chi connectivity index (χ1n) is 6.61. The molecule has 2 rings (SSSR count). The molecule has 1 aromatic carbocycles. The number of anilines is 1. The molecular formula is C14H20N2O2S. The fourth-order valence-electron chi connectivity index (χ4n) is 2.24. The van der Waals surface area contributed by atoms with Crippen molar-refractivity contribution < 1.29 is 9.90 Å². The minimum Gasteiger partial charge on any atom is -0.508 e. The van der Waals surface area contributed by atoms with Crippen LogP contribution < -0.4 is 10.2 Å². The van der Waals surface area contributed by atoms with E-state index in [2.05, 4.69) is 5.32 Å². The van der Waals surface area contributed by atoms with Crippen molar-refractivity contribution >= 4 is 23.4 Å². The maximum atomic E-state index is 12.3. The molecule has 19 heavy (non-hydrogen) atoms. The van der Waals surface area contributed by atoms with Crippen LogP contribution in [0.1, 0.15) is 13.3 Å². The first-order valence-corrected chi connectivity index (χ1v) is 7.76. The van der Waals surface area contributed by atoms with Crippen LogP contribution in [0, 0.1) is 0 Å². The Hall–Kier alpha value is -1.20. The van der Waals surface area contributed by atoms with Gasteiger partial charge in [-0.25, -0.2) is 0 Å². The van der Waals surface area contributed by atoms with E-state index in [1.54, 1.807) is 23.1 Å². The third-order valence-electron chi connectivity index (χ3n) is 3.18. The van der Waals surface area contributed by atoms with Gasteiger partial charge in [0.15, 0.2) is 0 Å². The van der Waals surface area contributed by atoms with Gasteiger partial charge >= 0.3 is 0 Å². The molecule has 0 bridgehead atoms.